The maximum Gasteiger partial charge on any atom is 0.410 e. The van der Waals surface area contributed by atoms with Gasteiger partial charge in [-0.2, -0.15) is 0 Å². The standard InChI is InChI=1S/C31H53N3O3/c1-5-6-7-8-9-10-11-12-13-14-21-33-29(35)28-17-15-26(16-18-28)24-32-25-27-19-22-34(23-20-27)30(36)37-31(2,3)4/h15-18,27,32H,5-14,19-25H2,1-4H3,(H,33,35). The van der Waals surface area contributed by atoms with Crippen molar-refractivity contribution >= 4 is 12.0 Å². The van der Waals surface area contributed by atoms with E-state index < -0.39 is 5.60 Å². The monoisotopic (exact) mass is 515 g/mol. The summed E-state index contributed by atoms with van der Waals surface area (Å²) in [6.45, 7) is 12.0. The van der Waals surface area contributed by atoms with Gasteiger partial charge in [0.15, 0.2) is 0 Å². The molecular weight excluding hydrogens is 462 g/mol. The number of ether oxygens (including phenoxy) is 1. The van der Waals surface area contributed by atoms with Crippen molar-refractivity contribution in [3.8, 4) is 0 Å². The van der Waals surface area contributed by atoms with Gasteiger partial charge in [0.1, 0.15) is 5.60 Å². The van der Waals surface area contributed by atoms with E-state index in [4.69, 9.17) is 4.74 Å². The average molecular weight is 516 g/mol. The smallest absolute Gasteiger partial charge is 0.410 e. The lowest BCUT2D eigenvalue weighted by molar-refractivity contribution is 0.0184. The molecule has 0 bridgehead atoms. The van der Waals surface area contributed by atoms with E-state index in [1.54, 1.807) is 0 Å². The summed E-state index contributed by atoms with van der Waals surface area (Å²) in [5.74, 6) is 0.585. The SMILES string of the molecule is CCCCCCCCCCCCNC(=O)c1ccc(CNCC2CCN(C(=O)OC(C)(C)C)CC2)cc1. The number of piperidine rings is 1. The summed E-state index contributed by atoms with van der Waals surface area (Å²) >= 11 is 0. The van der Waals surface area contributed by atoms with Crippen molar-refractivity contribution in [2.75, 3.05) is 26.2 Å². The lowest BCUT2D eigenvalue weighted by atomic mass is 9.97. The summed E-state index contributed by atoms with van der Waals surface area (Å²) in [5.41, 5.74) is 1.46. The molecule has 1 saturated heterocycles. The number of rotatable bonds is 16. The van der Waals surface area contributed by atoms with E-state index in [0.717, 1.165) is 57.5 Å². The number of hydrogen-bond acceptors (Lipinski definition) is 4. The normalized spacial score (nSPS) is 14.5. The van der Waals surface area contributed by atoms with E-state index in [9.17, 15) is 9.59 Å². The molecule has 0 unspecified atom stereocenters. The number of carbonyl (C=O) groups excluding carboxylic acids is 2. The zero-order chi connectivity index (χ0) is 26.9. The molecule has 1 aliphatic rings. The van der Waals surface area contributed by atoms with Crippen LogP contribution in [0, 0.1) is 5.92 Å². The van der Waals surface area contributed by atoms with Crippen LogP contribution in [-0.4, -0.2) is 48.7 Å². The molecule has 0 radical (unpaired) electrons. The Morgan fingerprint density at radius 1 is 0.892 bits per heavy atom. The summed E-state index contributed by atoms with van der Waals surface area (Å²) in [6, 6.07) is 7.91. The maximum atomic E-state index is 12.4. The molecule has 2 N–H and O–H groups in total. The molecule has 0 spiro atoms. The fourth-order valence-electron chi connectivity index (χ4n) is 4.76. The molecule has 1 aromatic rings. The highest BCUT2D eigenvalue weighted by Crippen LogP contribution is 2.19. The Morgan fingerprint density at radius 2 is 1.46 bits per heavy atom. The van der Waals surface area contributed by atoms with Crippen LogP contribution in [0.3, 0.4) is 0 Å². The molecule has 1 aromatic carbocycles. The number of unbranched alkanes of at least 4 members (excludes halogenated alkanes) is 9. The van der Waals surface area contributed by atoms with Gasteiger partial charge in [-0.05, 0) is 70.2 Å². The van der Waals surface area contributed by atoms with Crippen molar-refractivity contribution in [1.82, 2.24) is 15.5 Å². The van der Waals surface area contributed by atoms with Gasteiger partial charge >= 0.3 is 6.09 Å². The van der Waals surface area contributed by atoms with Crippen LogP contribution in [0.15, 0.2) is 24.3 Å². The average Bonchev–Trinajstić information content (AvgIpc) is 2.87. The molecule has 6 heteroatoms. The first kappa shape index (κ1) is 31.1. The van der Waals surface area contributed by atoms with Crippen LogP contribution >= 0.6 is 0 Å². The van der Waals surface area contributed by atoms with E-state index >= 15 is 0 Å². The molecule has 2 amide bonds. The maximum absolute atomic E-state index is 12.4. The van der Waals surface area contributed by atoms with Gasteiger partial charge in [-0.1, -0.05) is 76.8 Å². The summed E-state index contributed by atoms with van der Waals surface area (Å²) in [5, 5.41) is 6.60. The third-order valence-electron chi connectivity index (χ3n) is 7.06. The number of nitrogens with one attached hydrogen (secondary N) is 2. The van der Waals surface area contributed by atoms with E-state index in [0.29, 0.717) is 5.92 Å². The van der Waals surface area contributed by atoms with Crippen LogP contribution in [0.2, 0.25) is 0 Å². The number of likely N-dealkylation sites (tertiary alicyclic amines) is 1. The molecule has 1 aliphatic heterocycles. The molecule has 1 fully saturated rings. The topological polar surface area (TPSA) is 70.7 Å². The highest BCUT2D eigenvalue weighted by Gasteiger charge is 2.26. The highest BCUT2D eigenvalue weighted by atomic mass is 16.6. The lowest BCUT2D eigenvalue weighted by Crippen LogP contribution is -2.43. The molecule has 2 rings (SSSR count). The van der Waals surface area contributed by atoms with Gasteiger partial charge in [-0.25, -0.2) is 4.79 Å². The Balaban J connectivity index is 1.52. The summed E-state index contributed by atoms with van der Waals surface area (Å²) in [6.07, 6.45) is 14.8. The number of amides is 2. The largest absolute Gasteiger partial charge is 0.444 e. The van der Waals surface area contributed by atoms with Crippen molar-refractivity contribution in [2.24, 2.45) is 5.92 Å². The predicted octanol–water partition coefficient (Wildman–Crippen LogP) is 7.07. The van der Waals surface area contributed by atoms with Crippen molar-refractivity contribution in [2.45, 2.75) is 117 Å². The third kappa shape index (κ3) is 13.9. The molecule has 37 heavy (non-hydrogen) atoms. The Morgan fingerprint density at radius 3 is 2.03 bits per heavy atom. The molecule has 0 aliphatic carbocycles. The Hall–Kier alpha value is -2.08. The fourth-order valence-corrected chi connectivity index (χ4v) is 4.76. The zero-order valence-corrected chi connectivity index (χ0v) is 24.1. The van der Waals surface area contributed by atoms with Crippen LogP contribution in [0.4, 0.5) is 4.79 Å². The number of hydrogen-bond donors (Lipinski definition) is 2. The van der Waals surface area contributed by atoms with Crippen LogP contribution in [0.25, 0.3) is 0 Å². The second-order valence-electron chi connectivity index (χ2n) is 11.7. The van der Waals surface area contributed by atoms with Crippen molar-refractivity contribution in [3.63, 3.8) is 0 Å². The van der Waals surface area contributed by atoms with E-state index in [1.165, 1.54) is 63.4 Å². The van der Waals surface area contributed by atoms with E-state index in [-0.39, 0.29) is 12.0 Å². The molecule has 1 heterocycles. The minimum atomic E-state index is -0.446. The minimum Gasteiger partial charge on any atom is -0.444 e. The van der Waals surface area contributed by atoms with Gasteiger partial charge < -0.3 is 20.3 Å². The van der Waals surface area contributed by atoms with Crippen molar-refractivity contribution in [1.29, 1.82) is 0 Å². The summed E-state index contributed by atoms with van der Waals surface area (Å²) in [7, 11) is 0. The summed E-state index contributed by atoms with van der Waals surface area (Å²) in [4.78, 5) is 26.5. The van der Waals surface area contributed by atoms with Crippen LogP contribution in [-0.2, 0) is 11.3 Å². The van der Waals surface area contributed by atoms with Crippen molar-refractivity contribution < 1.29 is 14.3 Å². The molecule has 210 valence electrons. The van der Waals surface area contributed by atoms with Crippen LogP contribution < -0.4 is 10.6 Å². The molecular formula is C31H53N3O3. The summed E-state index contributed by atoms with van der Waals surface area (Å²) < 4.78 is 5.48. The lowest BCUT2D eigenvalue weighted by Gasteiger charge is -2.33. The Labute approximate surface area is 226 Å². The molecule has 0 aromatic heterocycles. The van der Waals surface area contributed by atoms with Gasteiger partial charge in [-0.15, -0.1) is 0 Å². The Bertz CT molecular complexity index is 765. The number of carbonyl (C=O) groups is 2. The van der Waals surface area contributed by atoms with E-state index in [1.807, 2.05) is 49.9 Å². The van der Waals surface area contributed by atoms with Crippen LogP contribution in [0.1, 0.15) is 121 Å². The molecule has 0 atom stereocenters. The van der Waals surface area contributed by atoms with E-state index in [2.05, 4.69) is 17.6 Å². The first-order chi connectivity index (χ1) is 17.8. The van der Waals surface area contributed by atoms with Gasteiger partial charge in [0.05, 0.1) is 0 Å². The predicted molar refractivity (Wildman–Crippen MR) is 153 cm³/mol. The van der Waals surface area contributed by atoms with Gasteiger partial charge in [-0.3, -0.25) is 4.79 Å². The van der Waals surface area contributed by atoms with Gasteiger partial charge in [0, 0.05) is 31.7 Å². The van der Waals surface area contributed by atoms with Crippen LogP contribution in [0.5, 0.6) is 0 Å². The van der Waals surface area contributed by atoms with Crippen molar-refractivity contribution in [3.05, 3.63) is 35.4 Å². The van der Waals surface area contributed by atoms with Gasteiger partial charge in [0.25, 0.3) is 5.91 Å². The quantitative estimate of drug-likeness (QED) is 0.231. The minimum absolute atomic E-state index is 0.0205. The van der Waals surface area contributed by atoms with Gasteiger partial charge in [0.2, 0.25) is 0 Å². The first-order valence-corrected chi connectivity index (χ1v) is 14.8. The fraction of sp³-hybridized carbons (Fsp3) is 0.742. The Kier molecular flexibility index (Phi) is 14.7. The first-order valence-electron chi connectivity index (χ1n) is 14.8. The molecule has 6 nitrogen and oxygen atoms in total. The number of benzene rings is 1. The highest BCUT2D eigenvalue weighted by molar-refractivity contribution is 5.94. The zero-order valence-electron chi connectivity index (χ0n) is 24.1. The second-order valence-corrected chi connectivity index (χ2v) is 11.7. The molecule has 0 saturated carbocycles. The second kappa shape index (κ2) is 17.4. The third-order valence-corrected chi connectivity index (χ3v) is 7.06. The number of nitrogens with zero attached hydrogens (tertiary/aromatic N) is 1.